The number of ether oxygens (including phenoxy) is 1. The van der Waals surface area contributed by atoms with E-state index in [-0.39, 0.29) is 18.3 Å². The number of aromatic nitrogens is 3. The number of furan rings is 1. The Morgan fingerprint density at radius 2 is 2.14 bits per heavy atom. The summed E-state index contributed by atoms with van der Waals surface area (Å²) in [5, 5.41) is 7.40. The summed E-state index contributed by atoms with van der Waals surface area (Å²) in [6.45, 7) is 3.18. The van der Waals surface area contributed by atoms with E-state index in [1.807, 2.05) is 0 Å². The van der Waals surface area contributed by atoms with Crippen LogP contribution in [0.1, 0.15) is 27.6 Å². The zero-order valence-electron chi connectivity index (χ0n) is 11.3. The molecule has 0 unspecified atom stereocenters. The largest absolute Gasteiger partial charge is 0.459 e. The van der Waals surface area contributed by atoms with Crippen LogP contribution in [0.4, 0.5) is 0 Å². The van der Waals surface area contributed by atoms with Gasteiger partial charge in [-0.15, -0.1) is 0 Å². The first-order chi connectivity index (χ1) is 10.1. The Hall–Kier alpha value is -2.90. The Kier molecular flexibility index (Phi) is 3.27. The minimum atomic E-state index is -0.546. The molecule has 0 saturated heterocycles. The molecule has 0 aliphatic rings. The van der Waals surface area contributed by atoms with Gasteiger partial charge in [-0.05, 0) is 26.0 Å². The van der Waals surface area contributed by atoms with Gasteiger partial charge in [-0.3, -0.25) is 0 Å². The lowest BCUT2D eigenvalue weighted by Gasteiger charge is -2.00. The Balaban J connectivity index is 1.67. The van der Waals surface area contributed by atoms with E-state index in [2.05, 4.69) is 15.3 Å². The van der Waals surface area contributed by atoms with Gasteiger partial charge in [-0.2, -0.15) is 4.98 Å². The molecule has 3 heterocycles. The van der Waals surface area contributed by atoms with Crippen molar-refractivity contribution < 1.29 is 23.0 Å². The zero-order chi connectivity index (χ0) is 14.8. The van der Waals surface area contributed by atoms with Crippen LogP contribution in [0.25, 0.3) is 11.7 Å². The quantitative estimate of drug-likeness (QED) is 0.674. The fourth-order valence-electron chi connectivity index (χ4n) is 1.79. The summed E-state index contributed by atoms with van der Waals surface area (Å²) >= 11 is 0. The second kappa shape index (κ2) is 5.23. The highest BCUT2D eigenvalue weighted by Crippen LogP contribution is 2.18. The highest BCUT2D eigenvalue weighted by molar-refractivity contribution is 5.91. The minimum absolute atomic E-state index is 0.118. The normalized spacial score (nSPS) is 10.8. The summed E-state index contributed by atoms with van der Waals surface area (Å²) in [7, 11) is 0. The summed E-state index contributed by atoms with van der Waals surface area (Å²) < 4.78 is 20.1. The highest BCUT2D eigenvalue weighted by Gasteiger charge is 2.20. The summed E-state index contributed by atoms with van der Waals surface area (Å²) in [5.74, 6) is 0.771. The molecular weight excluding hydrogens is 278 g/mol. The number of rotatable bonds is 4. The van der Waals surface area contributed by atoms with Gasteiger partial charge in [-0.25, -0.2) is 4.79 Å². The van der Waals surface area contributed by atoms with Crippen molar-refractivity contribution in [3.8, 4) is 11.7 Å². The molecular formula is C13H11N3O5. The van der Waals surface area contributed by atoms with Crippen molar-refractivity contribution in [2.24, 2.45) is 0 Å². The Labute approximate surface area is 118 Å². The summed E-state index contributed by atoms with van der Waals surface area (Å²) in [6, 6.07) is 3.39. The molecule has 3 rings (SSSR count). The molecule has 0 bridgehead atoms. The van der Waals surface area contributed by atoms with E-state index in [1.54, 1.807) is 26.0 Å². The number of hydrogen-bond acceptors (Lipinski definition) is 8. The first-order valence-electron chi connectivity index (χ1n) is 6.11. The van der Waals surface area contributed by atoms with Crippen LogP contribution in [-0.2, 0) is 11.3 Å². The predicted octanol–water partition coefficient (Wildman–Crippen LogP) is 2.29. The Morgan fingerprint density at radius 1 is 1.29 bits per heavy atom. The topological polar surface area (TPSA) is 104 Å². The predicted molar refractivity (Wildman–Crippen MR) is 67.1 cm³/mol. The van der Waals surface area contributed by atoms with E-state index in [0.29, 0.717) is 22.8 Å². The Bertz CT molecular complexity index is 737. The SMILES string of the molecule is Cc1noc(C)c1C(=O)OCc1noc(-c2ccco2)n1. The second-order valence-electron chi connectivity index (χ2n) is 4.27. The van der Waals surface area contributed by atoms with Crippen LogP contribution in [0.3, 0.4) is 0 Å². The van der Waals surface area contributed by atoms with E-state index in [4.69, 9.17) is 18.2 Å². The van der Waals surface area contributed by atoms with Crippen molar-refractivity contribution in [1.82, 2.24) is 15.3 Å². The third-order valence-electron chi connectivity index (χ3n) is 2.77. The number of hydrogen-bond donors (Lipinski definition) is 0. The van der Waals surface area contributed by atoms with Crippen molar-refractivity contribution >= 4 is 5.97 Å². The molecule has 21 heavy (non-hydrogen) atoms. The molecule has 8 nitrogen and oxygen atoms in total. The summed E-state index contributed by atoms with van der Waals surface area (Å²) in [6.07, 6.45) is 1.50. The van der Waals surface area contributed by atoms with Crippen LogP contribution >= 0.6 is 0 Å². The fraction of sp³-hybridized carbons (Fsp3) is 0.231. The van der Waals surface area contributed by atoms with Crippen molar-refractivity contribution in [2.75, 3.05) is 0 Å². The molecule has 0 N–H and O–H groups in total. The van der Waals surface area contributed by atoms with Crippen molar-refractivity contribution in [3.05, 3.63) is 41.2 Å². The summed E-state index contributed by atoms with van der Waals surface area (Å²) in [5.41, 5.74) is 0.784. The number of carbonyl (C=O) groups excluding carboxylic acids is 1. The molecule has 0 fully saturated rings. The number of esters is 1. The first-order valence-corrected chi connectivity index (χ1v) is 6.11. The van der Waals surface area contributed by atoms with Crippen LogP contribution in [0.5, 0.6) is 0 Å². The molecule has 0 aliphatic heterocycles. The zero-order valence-corrected chi connectivity index (χ0v) is 11.3. The van der Waals surface area contributed by atoms with Crippen LogP contribution in [-0.4, -0.2) is 21.3 Å². The van der Waals surface area contributed by atoms with Crippen molar-refractivity contribution in [1.29, 1.82) is 0 Å². The maximum Gasteiger partial charge on any atom is 0.344 e. The molecule has 108 valence electrons. The van der Waals surface area contributed by atoms with E-state index in [1.165, 1.54) is 6.26 Å². The van der Waals surface area contributed by atoms with E-state index < -0.39 is 5.97 Å². The molecule has 0 amide bonds. The lowest BCUT2D eigenvalue weighted by atomic mass is 10.2. The molecule has 0 radical (unpaired) electrons. The third-order valence-corrected chi connectivity index (χ3v) is 2.77. The lowest BCUT2D eigenvalue weighted by molar-refractivity contribution is 0.0457. The molecule has 0 aromatic carbocycles. The second-order valence-corrected chi connectivity index (χ2v) is 4.27. The van der Waals surface area contributed by atoms with Gasteiger partial charge in [0.25, 0.3) is 5.89 Å². The third kappa shape index (κ3) is 2.55. The van der Waals surface area contributed by atoms with Gasteiger partial charge in [0.1, 0.15) is 11.3 Å². The van der Waals surface area contributed by atoms with Crippen molar-refractivity contribution in [3.63, 3.8) is 0 Å². The fourth-order valence-corrected chi connectivity index (χ4v) is 1.79. The summed E-state index contributed by atoms with van der Waals surface area (Å²) in [4.78, 5) is 16.0. The molecule has 0 atom stereocenters. The van der Waals surface area contributed by atoms with Gasteiger partial charge in [0.05, 0.1) is 12.0 Å². The molecule has 0 saturated carbocycles. The van der Waals surface area contributed by atoms with Crippen LogP contribution in [0.2, 0.25) is 0 Å². The number of aryl methyl sites for hydroxylation is 2. The molecule has 0 spiro atoms. The van der Waals surface area contributed by atoms with Gasteiger partial charge in [0, 0.05) is 0 Å². The standard InChI is InChI=1S/C13H11N3O5/c1-7-11(8(2)20-15-7)13(17)19-6-10-14-12(21-16-10)9-4-3-5-18-9/h3-5H,6H2,1-2H3. The molecule has 3 aromatic heterocycles. The average molecular weight is 289 g/mol. The maximum absolute atomic E-state index is 11.9. The van der Waals surface area contributed by atoms with Crippen LogP contribution in [0, 0.1) is 13.8 Å². The first kappa shape index (κ1) is 13.1. The van der Waals surface area contributed by atoms with Gasteiger partial charge < -0.3 is 18.2 Å². The maximum atomic E-state index is 11.9. The molecule has 8 heteroatoms. The minimum Gasteiger partial charge on any atom is -0.459 e. The molecule has 0 aliphatic carbocycles. The number of nitrogens with zero attached hydrogens (tertiary/aromatic N) is 3. The number of carbonyl (C=O) groups is 1. The van der Waals surface area contributed by atoms with Crippen LogP contribution < -0.4 is 0 Å². The lowest BCUT2D eigenvalue weighted by Crippen LogP contribution is -2.08. The monoisotopic (exact) mass is 289 g/mol. The van der Waals surface area contributed by atoms with Crippen LogP contribution in [0.15, 0.2) is 31.9 Å². The van der Waals surface area contributed by atoms with E-state index in [0.717, 1.165) is 0 Å². The van der Waals surface area contributed by atoms with Gasteiger partial charge in [-0.1, -0.05) is 10.3 Å². The van der Waals surface area contributed by atoms with Crippen molar-refractivity contribution in [2.45, 2.75) is 20.5 Å². The van der Waals surface area contributed by atoms with Gasteiger partial charge in [0.15, 0.2) is 12.4 Å². The average Bonchev–Trinajstić information content (AvgIpc) is 3.17. The van der Waals surface area contributed by atoms with Gasteiger partial charge in [0.2, 0.25) is 5.82 Å². The highest BCUT2D eigenvalue weighted by atomic mass is 16.5. The Morgan fingerprint density at radius 3 is 2.81 bits per heavy atom. The van der Waals surface area contributed by atoms with Gasteiger partial charge >= 0.3 is 5.97 Å². The smallest absolute Gasteiger partial charge is 0.344 e. The van der Waals surface area contributed by atoms with E-state index in [9.17, 15) is 4.79 Å². The van der Waals surface area contributed by atoms with E-state index >= 15 is 0 Å². The molecule has 3 aromatic rings.